The van der Waals surface area contributed by atoms with E-state index in [4.69, 9.17) is 9.47 Å². The van der Waals surface area contributed by atoms with Gasteiger partial charge in [-0.1, -0.05) is 6.07 Å². The van der Waals surface area contributed by atoms with Crippen LogP contribution in [0, 0.1) is 0 Å². The first-order chi connectivity index (χ1) is 7.79. The van der Waals surface area contributed by atoms with E-state index in [1.165, 1.54) is 0 Å². The number of amides is 1. The van der Waals surface area contributed by atoms with E-state index in [0.29, 0.717) is 18.7 Å². The molecule has 1 fully saturated rings. The Morgan fingerprint density at radius 3 is 3.12 bits per heavy atom. The van der Waals surface area contributed by atoms with Gasteiger partial charge in [-0.2, -0.15) is 0 Å². The molecule has 0 aliphatic carbocycles. The topological polar surface area (TPSA) is 50.9 Å². The van der Waals surface area contributed by atoms with Crippen LogP contribution < -0.4 is 10.1 Å². The van der Waals surface area contributed by atoms with Crippen molar-refractivity contribution in [1.29, 1.82) is 0 Å². The first kappa shape index (κ1) is 11.0. The van der Waals surface area contributed by atoms with Gasteiger partial charge in [0, 0.05) is 12.1 Å². The fraction of sp³-hybridized carbons (Fsp3) is 0.417. The van der Waals surface area contributed by atoms with Crippen LogP contribution in [-0.2, 0) is 4.74 Å². The Labute approximate surface area is 94.6 Å². The molecule has 0 aromatic heterocycles. The highest BCUT2D eigenvalue weighted by atomic mass is 16.6. The van der Waals surface area contributed by atoms with Crippen molar-refractivity contribution in [2.45, 2.75) is 13.0 Å². The van der Waals surface area contributed by atoms with Gasteiger partial charge >= 0.3 is 0 Å². The van der Waals surface area contributed by atoms with E-state index in [9.17, 15) is 4.79 Å². The fourth-order valence-electron chi connectivity index (χ4n) is 1.39. The molecular formula is C12H15NO3. The molecular weight excluding hydrogens is 206 g/mol. The number of hydrogen-bond donors (Lipinski definition) is 1. The molecule has 4 nitrogen and oxygen atoms in total. The second kappa shape index (κ2) is 4.99. The van der Waals surface area contributed by atoms with Crippen LogP contribution in [0.15, 0.2) is 24.3 Å². The smallest absolute Gasteiger partial charge is 0.251 e. The van der Waals surface area contributed by atoms with Crippen LogP contribution >= 0.6 is 0 Å². The van der Waals surface area contributed by atoms with Crippen molar-refractivity contribution in [1.82, 2.24) is 5.32 Å². The van der Waals surface area contributed by atoms with Crippen molar-refractivity contribution in [2.24, 2.45) is 0 Å². The third kappa shape index (κ3) is 2.97. The van der Waals surface area contributed by atoms with E-state index in [0.717, 1.165) is 12.4 Å². The summed E-state index contributed by atoms with van der Waals surface area (Å²) < 4.78 is 10.3. The highest BCUT2D eigenvalue weighted by molar-refractivity contribution is 5.94. The van der Waals surface area contributed by atoms with Crippen molar-refractivity contribution in [2.75, 3.05) is 19.8 Å². The average Bonchev–Trinajstić information content (AvgIpc) is 3.10. The highest BCUT2D eigenvalue weighted by Gasteiger charge is 2.22. The van der Waals surface area contributed by atoms with Gasteiger partial charge in [0.05, 0.1) is 19.3 Å². The number of epoxide rings is 1. The predicted molar refractivity (Wildman–Crippen MR) is 59.7 cm³/mol. The molecule has 2 rings (SSSR count). The van der Waals surface area contributed by atoms with Crippen molar-refractivity contribution in [3.63, 3.8) is 0 Å². The fourth-order valence-corrected chi connectivity index (χ4v) is 1.39. The Hall–Kier alpha value is -1.55. The SMILES string of the molecule is CCOc1cccc(C(=O)NC[C@H]2CO2)c1. The molecule has 1 amide bonds. The molecule has 0 bridgehead atoms. The lowest BCUT2D eigenvalue weighted by Gasteiger charge is -2.06. The molecule has 1 aliphatic rings. The van der Waals surface area contributed by atoms with Gasteiger partial charge in [-0.25, -0.2) is 0 Å². The summed E-state index contributed by atoms with van der Waals surface area (Å²) in [5.41, 5.74) is 0.617. The molecule has 86 valence electrons. The normalized spacial score (nSPS) is 17.9. The molecule has 1 heterocycles. The van der Waals surface area contributed by atoms with Crippen LogP contribution in [0.3, 0.4) is 0 Å². The molecule has 1 saturated heterocycles. The van der Waals surface area contributed by atoms with E-state index in [1.54, 1.807) is 12.1 Å². The van der Waals surface area contributed by atoms with Gasteiger partial charge in [0.15, 0.2) is 0 Å². The number of benzene rings is 1. The molecule has 4 heteroatoms. The zero-order valence-electron chi connectivity index (χ0n) is 9.23. The van der Waals surface area contributed by atoms with Gasteiger partial charge in [0.25, 0.3) is 5.91 Å². The van der Waals surface area contributed by atoms with E-state index < -0.39 is 0 Å². The monoisotopic (exact) mass is 221 g/mol. The summed E-state index contributed by atoms with van der Waals surface area (Å²) >= 11 is 0. The third-order valence-electron chi connectivity index (χ3n) is 2.30. The minimum Gasteiger partial charge on any atom is -0.494 e. The lowest BCUT2D eigenvalue weighted by molar-refractivity contribution is 0.0950. The first-order valence-corrected chi connectivity index (χ1v) is 5.42. The Morgan fingerprint density at radius 1 is 1.62 bits per heavy atom. The van der Waals surface area contributed by atoms with Gasteiger partial charge in [0.1, 0.15) is 5.75 Å². The van der Waals surface area contributed by atoms with Gasteiger partial charge in [-0.3, -0.25) is 4.79 Å². The first-order valence-electron chi connectivity index (χ1n) is 5.42. The molecule has 0 saturated carbocycles. The van der Waals surface area contributed by atoms with Gasteiger partial charge < -0.3 is 14.8 Å². The third-order valence-corrected chi connectivity index (χ3v) is 2.30. The summed E-state index contributed by atoms with van der Waals surface area (Å²) in [7, 11) is 0. The Bertz CT molecular complexity index is 374. The maximum absolute atomic E-state index is 11.7. The molecule has 1 atom stereocenters. The molecule has 1 N–H and O–H groups in total. The number of carbonyl (C=O) groups excluding carboxylic acids is 1. The van der Waals surface area contributed by atoms with Crippen molar-refractivity contribution >= 4 is 5.91 Å². The van der Waals surface area contributed by atoms with Crippen LogP contribution in [-0.4, -0.2) is 31.8 Å². The molecule has 0 spiro atoms. The number of hydrogen-bond acceptors (Lipinski definition) is 3. The number of nitrogens with one attached hydrogen (secondary N) is 1. The molecule has 16 heavy (non-hydrogen) atoms. The number of carbonyl (C=O) groups is 1. The van der Waals surface area contributed by atoms with Gasteiger partial charge in [0.2, 0.25) is 0 Å². The van der Waals surface area contributed by atoms with E-state index >= 15 is 0 Å². The van der Waals surface area contributed by atoms with E-state index in [2.05, 4.69) is 5.32 Å². The Morgan fingerprint density at radius 2 is 2.44 bits per heavy atom. The Kier molecular flexibility index (Phi) is 3.41. The highest BCUT2D eigenvalue weighted by Crippen LogP contribution is 2.13. The summed E-state index contributed by atoms with van der Waals surface area (Å²) in [4.78, 5) is 11.7. The second-order valence-corrected chi connectivity index (χ2v) is 3.63. The zero-order valence-corrected chi connectivity index (χ0v) is 9.23. The maximum Gasteiger partial charge on any atom is 0.251 e. The van der Waals surface area contributed by atoms with E-state index in [-0.39, 0.29) is 12.0 Å². The minimum atomic E-state index is -0.0861. The maximum atomic E-state index is 11.7. The van der Waals surface area contributed by atoms with Crippen molar-refractivity contribution in [3.05, 3.63) is 29.8 Å². The molecule has 1 aliphatic heterocycles. The largest absolute Gasteiger partial charge is 0.494 e. The summed E-state index contributed by atoms with van der Waals surface area (Å²) in [5.74, 6) is 0.634. The van der Waals surface area contributed by atoms with Gasteiger partial charge in [-0.15, -0.1) is 0 Å². The summed E-state index contributed by atoms with van der Waals surface area (Å²) in [6, 6.07) is 7.16. The molecule has 1 aromatic rings. The lowest BCUT2D eigenvalue weighted by Crippen LogP contribution is -2.27. The van der Waals surface area contributed by atoms with Crippen LogP contribution in [0.25, 0.3) is 0 Å². The van der Waals surface area contributed by atoms with Crippen LogP contribution in [0.5, 0.6) is 5.75 Å². The van der Waals surface area contributed by atoms with Crippen LogP contribution in [0.1, 0.15) is 17.3 Å². The summed E-state index contributed by atoms with van der Waals surface area (Å²) in [5, 5.41) is 2.81. The number of ether oxygens (including phenoxy) is 2. The average molecular weight is 221 g/mol. The van der Waals surface area contributed by atoms with Crippen molar-refractivity contribution in [3.8, 4) is 5.75 Å². The van der Waals surface area contributed by atoms with Crippen LogP contribution in [0.2, 0.25) is 0 Å². The predicted octanol–water partition coefficient (Wildman–Crippen LogP) is 1.21. The lowest BCUT2D eigenvalue weighted by atomic mass is 10.2. The number of rotatable bonds is 5. The minimum absolute atomic E-state index is 0.0861. The molecule has 0 unspecified atom stereocenters. The Balaban J connectivity index is 1.94. The van der Waals surface area contributed by atoms with Gasteiger partial charge in [-0.05, 0) is 25.1 Å². The standard InChI is InChI=1S/C12H15NO3/c1-2-15-10-5-3-4-9(6-10)12(14)13-7-11-8-16-11/h3-6,11H,2,7-8H2,1H3,(H,13,14)/t11-/m0/s1. The molecule has 1 aromatic carbocycles. The quantitative estimate of drug-likeness (QED) is 0.760. The second-order valence-electron chi connectivity index (χ2n) is 3.63. The summed E-state index contributed by atoms with van der Waals surface area (Å²) in [6.07, 6.45) is 0.207. The van der Waals surface area contributed by atoms with Crippen molar-refractivity contribution < 1.29 is 14.3 Å². The summed E-state index contributed by atoms with van der Waals surface area (Å²) in [6.45, 7) is 3.84. The molecule has 0 radical (unpaired) electrons. The van der Waals surface area contributed by atoms with E-state index in [1.807, 2.05) is 19.1 Å². The zero-order chi connectivity index (χ0) is 11.4. The van der Waals surface area contributed by atoms with Crippen LogP contribution in [0.4, 0.5) is 0 Å².